The molecule has 2 aromatic rings. The van der Waals surface area contributed by atoms with Crippen molar-refractivity contribution in [2.45, 2.75) is 12.3 Å². The monoisotopic (exact) mass is 390 g/mol. The van der Waals surface area contributed by atoms with Gasteiger partial charge in [0, 0.05) is 50.1 Å². The smallest absolute Gasteiger partial charge is 0.282 e. The van der Waals surface area contributed by atoms with E-state index in [2.05, 4.69) is 15.0 Å². The molecule has 0 radical (unpaired) electrons. The summed E-state index contributed by atoms with van der Waals surface area (Å²) >= 11 is 0. The molecule has 4 heterocycles. The van der Waals surface area contributed by atoms with Crippen LogP contribution in [0.25, 0.3) is 11.1 Å². The maximum absolute atomic E-state index is 12.9. The molecule has 2 N–H and O–H groups in total. The SMILES string of the molecule is Nc1cc(-c2cncnc2[C@@H]2CCN(S(=O)(=O)N3CCOCC3)C2)ccn1. The van der Waals surface area contributed by atoms with Crippen LogP contribution >= 0.6 is 0 Å². The van der Waals surface area contributed by atoms with Crippen molar-refractivity contribution in [1.29, 1.82) is 0 Å². The van der Waals surface area contributed by atoms with Crippen LogP contribution in [0.1, 0.15) is 18.0 Å². The Morgan fingerprint density at radius 1 is 1.15 bits per heavy atom. The van der Waals surface area contributed by atoms with Gasteiger partial charge in [0.15, 0.2) is 0 Å². The molecule has 10 heteroatoms. The normalized spacial score (nSPS) is 22.1. The number of anilines is 1. The largest absolute Gasteiger partial charge is 0.384 e. The first-order valence-electron chi connectivity index (χ1n) is 8.90. The van der Waals surface area contributed by atoms with Crippen LogP contribution in [-0.4, -0.2) is 71.4 Å². The van der Waals surface area contributed by atoms with Gasteiger partial charge in [-0.05, 0) is 24.1 Å². The minimum absolute atomic E-state index is 0.00760. The predicted octanol–water partition coefficient (Wildman–Crippen LogP) is 0.487. The van der Waals surface area contributed by atoms with Crippen LogP contribution in [0.5, 0.6) is 0 Å². The van der Waals surface area contributed by atoms with Crippen LogP contribution < -0.4 is 5.73 Å². The van der Waals surface area contributed by atoms with E-state index in [4.69, 9.17) is 10.5 Å². The molecule has 0 aromatic carbocycles. The highest BCUT2D eigenvalue weighted by molar-refractivity contribution is 7.86. The van der Waals surface area contributed by atoms with Gasteiger partial charge in [0.25, 0.3) is 10.2 Å². The predicted molar refractivity (Wildman–Crippen MR) is 99.9 cm³/mol. The Kier molecular flexibility index (Phi) is 5.04. The van der Waals surface area contributed by atoms with E-state index in [1.165, 1.54) is 10.6 Å². The molecule has 2 saturated heterocycles. The molecule has 0 spiro atoms. The highest BCUT2D eigenvalue weighted by Gasteiger charge is 2.37. The van der Waals surface area contributed by atoms with Gasteiger partial charge in [-0.1, -0.05) is 0 Å². The van der Waals surface area contributed by atoms with E-state index in [0.717, 1.165) is 16.8 Å². The summed E-state index contributed by atoms with van der Waals surface area (Å²) in [5, 5.41) is 0. The van der Waals surface area contributed by atoms with Gasteiger partial charge in [0.1, 0.15) is 12.1 Å². The lowest BCUT2D eigenvalue weighted by Gasteiger charge is -2.30. The molecule has 0 aliphatic carbocycles. The van der Waals surface area contributed by atoms with Crippen molar-refractivity contribution in [2.75, 3.05) is 45.1 Å². The lowest BCUT2D eigenvalue weighted by atomic mass is 9.96. The number of morpholine rings is 1. The summed E-state index contributed by atoms with van der Waals surface area (Å²) in [5.74, 6) is 0.429. The maximum Gasteiger partial charge on any atom is 0.282 e. The summed E-state index contributed by atoms with van der Waals surface area (Å²) < 4.78 is 34.1. The van der Waals surface area contributed by atoms with Gasteiger partial charge < -0.3 is 10.5 Å². The van der Waals surface area contributed by atoms with E-state index in [1.807, 2.05) is 6.07 Å². The number of aromatic nitrogens is 3. The Balaban J connectivity index is 1.58. The van der Waals surface area contributed by atoms with Crippen LogP contribution in [0.15, 0.2) is 30.9 Å². The van der Waals surface area contributed by atoms with Gasteiger partial charge in [-0.2, -0.15) is 17.0 Å². The summed E-state index contributed by atoms with van der Waals surface area (Å²) in [5.41, 5.74) is 8.39. The minimum Gasteiger partial charge on any atom is -0.384 e. The zero-order chi connectivity index (χ0) is 18.9. The maximum atomic E-state index is 12.9. The molecule has 2 aliphatic rings. The van der Waals surface area contributed by atoms with E-state index in [-0.39, 0.29) is 5.92 Å². The molecule has 2 fully saturated rings. The third-order valence-corrected chi connectivity index (χ3v) is 7.00. The molecule has 0 saturated carbocycles. The summed E-state index contributed by atoms with van der Waals surface area (Å²) in [6.07, 6.45) is 5.61. The Morgan fingerprint density at radius 3 is 2.74 bits per heavy atom. The number of hydrogen-bond acceptors (Lipinski definition) is 7. The first-order valence-corrected chi connectivity index (χ1v) is 10.3. The van der Waals surface area contributed by atoms with E-state index in [1.54, 1.807) is 22.8 Å². The molecule has 0 bridgehead atoms. The summed E-state index contributed by atoms with van der Waals surface area (Å²) in [6.45, 7) is 2.57. The van der Waals surface area contributed by atoms with Crippen molar-refractivity contribution in [3.05, 3.63) is 36.5 Å². The molecule has 0 amide bonds. The first kappa shape index (κ1) is 18.2. The third kappa shape index (κ3) is 3.65. The van der Waals surface area contributed by atoms with Crippen molar-refractivity contribution in [3.8, 4) is 11.1 Å². The number of hydrogen-bond donors (Lipinski definition) is 1. The van der Waals surface area contributed by atoms with Crippen molar-refractivity contribution in [2.24, 2.45) is 0 Å². The van der Waals surface area contributed by atoms with E-state index >= 15 is 0 Å². The molecular formula is C17H22N6O3S. The average Bonchev–Trinajstić information content (AvgIpc) is 3.20. The van der Waals surface area contributed by atoms with Gasteiger partial charge in [-0.15, -0.1) is 0 Å². The van der Waals surface area contributed by atoms with Crippen molar-refractivity contribution in [3.63, 3.8) is 0 Å². The summed E-state index contributed by atoms with van der Waals surface area (Å²) in [6, 6.07) is 3.63. The molecule has 0 unspecified atom stereocenters. The topological polar surface area (TPSA) is 115 Å². The van der Waals surface area contributed by atoms with Crippen LogP contribution in [0.3, 0.4) is 0 Å². The summed E-state index contributed by atoms with van der Waals surface area (Å²) in [4.78, 5) is 12.6. The molecule has 2 aromatic heterocycles. The number of nitrogens with zero attached hydrogens (tertiary/aromatic N) is 5. The molecular weight excluding hydrogens is 368 g/mol. The number of rotatable bonds is 4. The second-order valence-corrected chi connectivity index (χ2v) is 8.58. The lowest BCUT2D eigenvalue weighted by molar-refractivity contribution is 0.0705. The van der Waals surface area contributed by atoms with Gasteiger partial charge in [-0.25, -0.2) is 15.0 Å². The molecule has 9 nitrogen and oxygen atoms in total. The van der Waals surface area contributed by atoms with E-state index in [9.17, 15) is 8.42 Å². The van der Waals surface area contributed by atoms with Gasteiger partial charge in [-0.3, -0.25) is 0 Å². The Morgan fingerprint density at radius 2 is 1.96 bits per heavy atom. The van der Waals surface area contributed by atoms with E-state index in [0.29, 0.717) is 51.6 Å². The van der Waals surface area contributed by atoms with Crippen LogP contribution in [0, 0.1) is 0 Å². The van der Waals surface area contributed by atoms with Crippen LogP contribution in [0.2, 0.25) is 0 Å². The zero-order valence-electron chi connectivity index (χ0n) is 14.9. The minimum atomic E-state index is -3.47. The Bertz CT molecular complexity index is 916. The fourth-order valence-corrected chi connectivity index (χ4v) is 5.25. The van der Waals surface area contributed by atoms with Crippen LogP contribution in [0.4, 0.5) is 5.82 Å². The Labute approximate surface area is 158 Å². The van der Waals surface area contributed by atoms with Crippen LogP contribution in [-0.2, 0) is 14.9 Å². The summed E-state index contributed by atoms with van der Waals surface area (Å²) in [7, 11) is -3.47. The fraction of sp³-hybridized carbons (Fsp3) is 0.471. The van der Waals surface area contributed by atoms with E-state index < -0.39 is 10.2 Å². The fourth-order valence-electron chi connectivity index (χ4n) is 3.60. The molecule has 2 aliphatic heterocycles. The first-order chi connectivity index (χ1) is 13.1. The highest BCUT2D eigenvalue weighted by Crippen LogP contribution is 2.34. The van der Waals surface area contributed by atoms with Gasteiger partial charge in [0.05, 0.1) is 18.9 Å². The van der Waals surface area contributed by atoms with Crippen molar-refractivity contribution in [1.82, 2.24) is 23.6 Å². The molecule has 1 atom stereocenters. The molecule has 27 heavy (non-hydrogen) atoms. The third-order valence-electron chi connectivity index (χ3n) is 5.00. The second kappa shape index (κ2) is 7.47. The number of ether oxygens (including phenoxy) is 1. The lowest BCUT2D eigenvalue weighted by Crippen LogP contribution is -2.47. The average molecular weight is 390 g/mol. The number of nitrogens with two attached hydrogens (primary N) is 1. The Hall–Kier alpha value is -2.14. The van der Waals surface area contributed by atoms with Gasteiger partial charge in [0.2, 0.25) is 0 Å². The zero-order valence-corrected chi connectivity index (χ0v) is 15.7. The van der Waals surface area contributed by atoms with Crippen molar-refractivity contribution < 1.29 is 13.2 Å². The van der Waals surface area contributed by atoms with Crippen molar-refractivity contribution >= 4 is 16.0 Å². The highest BCUT2D eigenvalue weighted by atomic mass is 32.2. The molecule has 4 rings (SSSR count). The molecule has 144 valence electrons. The number of pyridine rings is 1. The second-order valence-electron chi connectivity index (χ2n) is 6.65. The standard InChI is InChI=1S/C17H22N6O3S/c18-16-9-13(1-3-20-16)15-10-19-12-21-17(15)14-2-4-23(11-14)27(24,25)22-5-7-26-8-6-22/h1,3,9-10,12,14H,2,4-8,11H2,(H2,18,20)/t14-/m1/s1. The quantitative estimate of drug-likeness (QED) is 0.808. The van der Waals surface area contributed by atoms with Gasteiger partial charge >= 0.3 is 0 Å². The number of nitrogen functional groups attached to an aromatic ring is 1.